The molecule has 130 valence electrons. The van der Waals surface area contributed by atoms with E-state index in [-0.39, 0.29) is 11.9 Å². The van der Waals surface area contributed by atoms with Crippen LogP contribution in [0.4, 0.5) is 5.95 Å². The Balaban J connectivity index is 1.76. The minimum absolute atomic E-state index is 0.223. The molecule has 0 fully saturated rings. The maximum absolute atomic E-state index is 12.4. The monoisotopic (exact) mass is 364 g/mol. The fourth-order valence-electron chi connectivity index (χ4n) is 2.70. The largest absolute Gasteiger partial charge is 0.493 e. The van der Waals surface area contributed by atoms with Gasteiger partial charge in [0.05, 0.1) is 17.7 Å². The van der Waals surface area contributed by atoms with Gasteiger partial charge < -0.3 is 4.74 Å². The van der Waals surface area contributed by atoms with Gasteiger partial charge in [-0.15, -0.1) is 16.4 Å². The molecule has 1 amide bonds. The molecular weight excluding hydrogens is 348 g/mol. The van der Waals surface area contributed by atoms with Gasteiger partial charge in [-0.05, 0) is 31.2 Å². The highest BCUT2D eigenvalue weighted by molar-refractivity contribution is 7.14. The van der Waals surface area contributed by atoms with Crippen molar-refractivity contribution in [2.75, 3.05) is 12.4 Å². The molecule has 6 nitrogen and oxygen atoms in total. The number of rotatable bonds is 4. The number of pyridine rings is 1. The maximum Gasteiger partial charge on any atom is 0.268 e. The molecule has 1 N–H and O–H groups in total. The third-order valence-electron chi connectivity index (χ3n) is 3.93. The first kappa shape index (κ1) is 16.3. The molecule has 7 heteroatoms. The number of aromatic nitrogens is 3. The summed E-state index contributed by atoms with van der Waals surface area (Å²) in [6, 6.07) is 17.3. The van der Waals surface area contributed by atoms with Crippen LogP contribution in [0.3, 0.4) is 0 Å². The third kappa shape index (κ3) is 2.93. The average Bonchev–Trinajstić information content (AvgIpc) is 3.27. The maximum atomic E-state index is 12.4. The summed E-state index contributed by atoms with van der Waals surface area (Å²) in [4.78, 5) is 18.5. The van der Waals surface area contributed by atoms with Gasteiger partial charge in [-0.2, -0.15) is 4.98 Å². The number of benzene rings is 1. The molecule has 0 saturated heterocycles. The van der Waals surface area contributed by atoms with Crippen LogP contribution in [0, 0.1) is 6.92 Å². The molecule has 0 radical (unpaired) electrons. The molecular formula is C19H16N4O2S. The van der Waals surface area contributed by atoms with E-state index in [9.17, 15) is 4.79 Å². The van der Waals surface area contributed by atoms with E-state index in [1.807, 2.05) is 55.5 Å². The number of carbonyl (C=O) groups is 1. The third-order valence-corrected chi connectivity index (χ3v) is 4.93. The number of anilines is 1. The van der Waals surface area contributed by atoms with Gasteiger partial charge in [0.15, 0.2) is 11.4 Å². The molecule has 26 heavy (non-hydrogen) atoms. The Hall–Kier alpha value is -3.19. The number of thiophene rings is 1. The minimum Gasteiger partial charge on any atom is -0.493 e. The van der Waals surface area contributed by atoms with Gasteiger partial charge in [0.1, 0.15) is 0 Å². The van der Waals surface area contributed by atoms with Gasteiger partial charge in [0.25, 0.3) is 5.91 Å². The van der Waals surface area contributed by atoms with Crippen LogP contribution >= 0.6 is 11.3 Å². The smallest absolute Gasteiger partial charge is 0.268 e. The van der Waals surface area contributed by atoms with Crippen molar-refractivity contribution < 1.29 is 9.53 Å². The molecule has 0 bridgehead atoms. The molecule has 1 aromatic carbocycles. The quantitative estimate of drug-likeness (QED) is 0.594. The highest BCUT2D eigenvalue weighted by Gasteiger charge is 2.16. The van der Waals surface area contributed by atoms with E-state index in [2.05, 4.69) is 15.4 Å². The van der Waals surface area contributed by atoms with Gasteiger partial charge in [0.2, 0.25) is 5.95 Å². The van der Waals surface area contributed by atoms with Gasteiger partial charge in [-0.25, -0.2) is 4.52 Å². The van der Waals surface area contributed by atoms with Crippen LogP contribution in [0.1, 0.15) is 14.5 Å². The fraction of sp³-hybridized carbons (Fsp3) is 0.105. The van der Waals surface area contributed by atoms with Gasteiger partial charge >= 0.3 is 0 Å². The number of amides is 1. The van der Waals surface area contributed by atoms with Crippen molar-refractivity contribution >= 4 is 28.8 Å². The zero-order valence-corrected chi connectivity index (χ0v) is 15.1. The lowest BCUT2D eigenvalue weighted by atomic mass is 10.1. The van der Waals surface area contributed by atoms with Crippen molar-refractivity contribution in [2.45, 2.75) is 6.92 Å². The van der Waals surface area contributed by atoms with Crippen LogP contribution < -0.4 is 10.1 Å². The summed E-state index contributed by atoms with van der Waals surface area (Å²) in [6.07, 6.45) is 0. The fourth-order valence-corrected chi connectivity index (χ4v) is 3.46. The minimum atomic E-state index is -0.223. The molecule has 4 aromatic rings. The van der Waals surface area contributed by atoms with Crippen molar-refractivity contribution in [1.82, 2.24) is 14.6 Å². The second-order valence-corrected chi connectivity index (χ2v) is 6.98. The van der Waals surface area contributed by atoms with E-state index in [1.54, 1.807) is 17.7 Å². The van der Waals surface area contributed by atoms with E-state index in [0.29, 0.717) is 16.3 Å². The summed E-state index contributed by atoms with van der Waals surface area (Å²) in [5.74, 6) is 0.603. The number of carbonyl (C=O) groups excluding carboxylic acids is 1. The number of methoxy groups -OCH3 is 1. The van der Waals surface area contributed by atoms with Crippen LogP contribution in [-0.2, 0) is 0 Å². The summed E-state index contributed by atoms with van der Waals surface area (Å²) < 4.78 is 7.07. The summed E-state index contributed by atoms with van der Waals surface area (Å²) in [5.41, 5.74) is 2.41. The first-order valence-corrected chi connectivity index (χ1v) is 8.84. The lowest BCUT2D eigenvalue weighted by molar-refractivity contribution is 0.102. The lowest BCUT2D eigenvalue weighted by Gasteiger charge is -2.06. The van der Waals surface area contributed by atoms with Crippen molar-refractivity contribution in [3.05, 3.63) is 64.4 Å². The molecule has 0 aliphatic heterocycles. The van der Waals surface area contributed by atoms with E-state index < -0.39 is 0 Å². The number of aryl methyl sites for hydroxylation is 1. The lowest BCUT2D eigenvalue weighted by Crippen LogP contribution is -2.11. The molecule has 0 saturated carbocycles. The zero-order chi connectivity index (χ0) is 18.1. The van der Waals surface area contributed by atoms with Crippen LogP contribution in [0.15, 0.2) is 54.6 Å². The standard InChI is InChI=1S/C19H16N4O2S/c1-12-8-11-16(26-12)18(24)21-19-20-17-15(25-2)10-9-14(23(17)22-19)13-6-4-3-5-7-13/h3-11H,1-2H3,(H,21,22,24). The molecule has 3 heterocycles. The van der Waals surface area contributed by atoms with Crippen LogP contribution in [0.25, 0.3) is 16.9 Å². The molecule has 0 spiro atoms. The number of fused-ring (bicyclic) bond motifs is 1. The SMILES string of the molecule is COc1ccc(-c2ccccc2)n2nc(NC(=O)c3ccc(C)s3)nc12. The molecule has 4 rings (SSSR count). The number of nitrogens with one attached hydrogen (secondary N) is 1. The Kier molecular flexibility index (Phi) is 4.14. The predicted molar refractivity (Wildman–Crippen MR) is 102 cm³/mol. The topological polar surface area (TPSA) is 68.5 Å². The Morgan fingerprint density at radius 3 is 2.62 bits per heavy atom. The van der Waals surface area contributed by atoms with E-state index in [4.69, 9.17) is 4.74 Å². The average molecular weight is 364 g/mol. The Bertz CT molecular complexity index is 1090. The first-order chi connectivity index (χ1) is 12.7. The van der Waals surface area contributed by atoms with Crippen LogP contribution in [-0.4, -0.2) is 27.6 Å². The molecule has 0 unspecified atom stereocenters. The highest BCUT2D eigenvalue weighted by atomic mass is 32.1. The second kappa shape index (κ2) is 6.61. The molecule has 0 aliphatic carbocycles. The van der Waals surface area contributed by atoms with E-state index >= 15 is 0 Å². The molecule has 0 aliphatic rings. The van der Waals surface area contributed by atoms with Crippen LogP contribution in [0.5, 0.6) is 5.75 Å². The van der Waals surface area contributed by atoms with Gasteiger partial charge in [-0.3, -0.25) is 10.1 Å². The first-order valence-electron chi connectivity index (χ1n) is 8.02. The zero-order valence-electron chi connectivity index (χ0n) is 14.3. The summed E-state index contributed by atoms with van der Waals surface area (Å²) in [5, 5.41) is 7.23. The van der Waals surface area contributed by atoms with Crippen LogP contribution in [0.2, 0.25) is 0 Å². The van der Waals surface area contributed by atoms with Crippen molar-refractivity contribution in [1.29, 1.82) is 0 Å². The number of nitrogens with zero attached hydrogens (tertiary/aromatic N) is 3. The second-order valence-electron chi connectivity index (χ2n) is 5.69. The summed E-state index contributed by atoms with van der Waals surface area (Å²) >= 11 is 1.43. The Morgan fingerprint density at radius 2 is 1.92 bits per heavy atom. The summed E-state index contributed by atoms with van der Waals surface area (Å²) in [7, 11) is 1.58. The normalized spacial score (nSPS) is 10.8. The van der Waals surface area contributed by atoms with Crippen molar-refractivity contribution in [3.8, 4) is 17.0 Å². The molecule has 3 aromatic heterocycles. The summed E-state index contributed by atoms with van der Waals surface area (Å²) in [6.45, 7) is 1.96. The highest BCUT2D eigenvalue weighted by Crippen LogP contribution is 2.27. The van der Waals surface area contributed by atoms with E-state index in [1.165, 1.54) is 11.3 Å². The van der Waals surface area contributed by atoms with Crippen molar-refractivity contribution in [3.63, 3.8) is 0 Å². The Labute approximate surface area is 154 Å². The Morgan fingerprint density at radius 1 is 1.12 bits per heavy atom. The predicted octanol–water partition coefficient (Wildman–Crippen LogP) is 4.03. The van der Waals surface area contributed by atoms with Gasteiger partial charge in [0, 0.05) is 10.4 Å². The number of hydrogen-bond donors (Lipinski definition) is 1. The number of hydrogen-bond acceptors (Lipinski definition) is 5. The van der Waals surface area contributed by atoms with Gasteiger partial charge in [-0.1, -0.05) is 30.3 Å². The number of ether oxygens (including phenoxy) is 1. The van der Waals surface area contributed by atoms with Crippen molar-refractivity contribution in [2.24, 2.45) is 0 Å². The van der Waals surface area contributed by atoms with E-state index in [0.717, 1.165) is 16.1 Å². The molecule has 0 atom stereocenters.